The smallest absolute Gasteiger partial charge is 0.216 e. The monoisotopic (exact) mass is 414 g/mol. The zero-order valence-corrected chi connectivity index (χ0v) is 18.5. The number of benzene rings is 1. The van der Waals surface area contributed by atoms with Crippen molar-refractivity contribution in [1.82, 2.24) is 19.5 Å². The fraction of sp³-hybridized carbons (Fsp3) is 0.524. The molecule has 1 aromatic carbocycles. The highest BCUT2D eigenvalue weighted by Gasteiger charge is 2.25. The molecule has 0 aliphatic carbocycles. The number of phenolic OH excluding ortho intramolecular Hbond substituents is 1. The number of nitrogens with one attached hydrogen (secondary N) is 1. The quantitative estimate of drug-likeness (QED) is 0.660. The van der Waals surface area contributed by atoms with Gasteiger partial charge in [0, 0.05) is 37.3 Å². The summed E-state index contributed by atoms with van der Waals surface area (Å²) in [6.07, 6.45) is 1.20. The molecule has 0 spiro atoms. The van der Waals surface area contributed by atoms with Crippen LogP contribution in [-0.2, 0) is 0 Å². The van der Waals surface area contributed by atoms with Crippen LogP contribution >= 0.6 is 11.3 Å². The molecule has 3 heterocycles. The predicted molar refractivity (Wildman–Crippen MR) is 120 cm³/mol. The second-order valence-corrected chi connectivity index (χ2v) is 9.57. The van der Waals surface area contributed by atoms with Gasteiger partial charge in [0.05, 0.1) is 0 Å². The molecule has 7 nitrogen and oxygen atoms in total. The summed E-state index contributed by atoms with van der Waals surface area (Å²) in [7, 11) is 0. The summed E-state index contributed by atoms with van der Waals surface area (Å²) in [5, 5.41) is 19.2. The Labute approximate surface area is 176 Å². The number of phenols is 1. The second-order valence-electron chi connectivity index (χ2n) is 8.64. The number of aromatic nitrogens is 3. The molecule has 1 aliphatic rings. The van der Waals surface area contributed by atoms with Crippen molar-refractivity contribution in [3.63, 3.8) is 0 Å². The minimum Gasteiger partial charge on any atom is -0.508 e. The molecule has 1 saturated heterocycles. The maximum Gasteiger partial charge on any atom is 0.216 e. The number of hydrogen-bond acceptors (Lipinski definition) is 7. The van der Waals surface area contributed by atoms with Crippen LogP contribution in [0, 0.1) is 0 Å². The van der Waals surface area contributed by atoms with Crippen LogP contribution in [0.25, 0.3) is 16.2 Å². The first-order chi connectivity index (χ1) is 13.8. The first kappa shape index (κ1) is 20.0. The van der Waals surface area contributed by atoms with Crippen LogP contribution in [0.1, 0.15) is 34.1 Å². The summed E-state index contributed by atoms with van der Waals surface area (Å²) < 4.78 is 1.94. The van der Waals surface area contributed by atoms with Gasteiger partial charge in [0.1, 0.15) is 11.4 Å². The first-order valence-corrected chi connectivity index (χ1v) is 11.1. The molecule has 0 atom stereocenters. The van der Waals surface area contributed by atoms with Gasteiger partial charge >= 0.3 is 0 Å². The second kappa shape index (κ2) is 7.84. The van der Waals surface area contributed by atoms with E-state index in [0.29, 0.717) is 0 Å². The van der Waals surface area contributed by atoms with Crippen molar-refractivity contribution >= 4 is 27.2 Å². The third-order valence-electron chi connectivity index (χ3n) is 5.01. The third kappa shape index (κ3) is 4.33. The van der Waals surface area contributed by atoms with Gasteiger partial charge in [-0.15, -0.1) is 5.10 Å². The molecule has 156 valence electrons. The molecule has 0 saturated carbocycles. The fourth-order valence-corrected chi connectivity index (χ4v) is 4.59. The lowest BCUT2D eigenvalue weighted by Gasteiger charge is -2.34. The first-order valence-electron chi connectivity index (χ1n) is 10.3. The van der Waals surface area contributed by atoms with Crippen molar-refractivity contribution in [2.45, 2.75) is 39.7 Å². The van der Waals surface area contributed by atoms with E-state index in [2.05, 4.69) is 42.8 Å². The molecule has 0 amide bonds. The molecule has 2 aromatic heterocycles. The summed E-state index contributed by atoms with van der Waals surface area (Å²) >= 11 is 1.64. The van der Waals surface area contributed by atoms with Crippen molar-refractivity contribution in [1.29, 1.82) is 0 Å². The van der Waals surface area contributed by atoms with Gasteiger partial charge in [-0.2, -0.15) is 4.52 Å². The van der Waals surface area contributed by atoms with Gasteiger partial charge in [0.25, 0.3) is 0 Å². The number of rotatable bonds is 5. The Morgan fingerprint density at radius 3 is 2.41 bits per heavy atom. The highest BCUT2D eigenvalue weighted by molar-refractivity contribution is 7.20. The van der Waals surface area contributed by atoms with Crippen LogP contribution in [0.4, 0.5) is 10.9 Å². The van der Waals surface area contributed by atoms with Crippen LogP contribution < -0.4 is 10.2 Å². The van der Waals surface area contributed by atoms with Crippen LogP contribution in [-0.4, -0.2) is 62.9 Å². The number of piperazine rings is 1. The molecule has 2 N–H and O–H groups in total. The topological polar surface area (TPSA) is 68.9 Å². The average molecular weight is 415 g/mol. The maximum absolute atomic E-state index is 9.63. The summed E-state index contributed by atoms with van der Waals surface area (Å²) in [6.45, 7) is 14.0. The van der Waals surface area contributed by atoms with Crippen molar-refractivity contribution in [2.24, 2.45) is 0 Å². The molecule has 3 aromatic rings. The minimum atomic E-state index is -0.128. The van der Waals surface area contributed by atoms with E-state index in [1.807, 2.05) is 16.6 Å². The normalized spacial score (nSPS) is 15.9. The number of anilines is 2. The summed E-state index contributed by atoms with van der Waals surface area (Å²) in [4.78, 5) is 10.7. The lowest BCUT2D eigenvalue weighted by Crippen LogP contribution is -2.46. The SMILES string of the molecule is CCCN1CCN(c2nn3c(NC(C)(C)C)c(-c4ccc(O)cc4)nc3s2)CC1. The highest BCUT2D eigenvalue weighted by Crippen LogP contribution is 2.35. The Balaban J connectivity index is 1.67. The van der Waals surface area contributed by atoms with Gasteiger partial charge in [-0.1, -0.05) is 18.3 Å². The number of imidazole rings is 1. The van der Waals surface area contributed by atoms with Crippen molar-refractivity contribution in [3.05, 3.63) is 24.3 Å². The highest BCUT2D eigenvalue weighted by atomic mass is 32.1. The summed E-state index contributed by atoms with van der Waals surface area (Å²) in [5.41, 5.74) is 1.69. The van der Waals surface area contributed by atoms with Crippen molar-refractivity contribution < 1.29 is 5.11 Å². The Bertz CT molecular complexity index is 964. The van der Waals surface area contributed by atoms with E-state index in [1.54, 1.807) is 23.5 Å². The lowest BCUT2D eigenvalue weighted by molar-refractivity contribution is 0.258. The van der Waals surface area contributed by atoms with E-state index in [9.17, 15) is 5.11 Å². The van der Waals surface area contributed by atoms with Crippen molar-refractivity contribution in [3.8, 4) is 17.0 Å². The van der Waals surface area contributed by atoms with Gasteiger partial charge in [-0.05, 0) is 58.0 Å². The molecule has 0 bridgehead atoms. The largest absolute Gasteiger partial charge is 0.508 e. The molecule has 1 fully saturated rings. The Morgan fingerprint density at radius 2 is 1.79 bits per heavy atom. The van der Waals surface area contributed by atoms with Gasteiger partial charge in [0.15, 0.2) is 5.82 Å². The van der Waals surface area contributed by atoms with E-state index >= 15 is 0 Å². The molecular weight excluding hydrogens is 384 g/mol. The number of fused-ring (bicyclic) bond motifs is 1. The molecule has 4 rings (SSSR count). The zero-order valence-electron chi connectivity index (χ0n) is 17.6. The number of nitrogens with zero attached hydrogens (tertiary/aromatic N) is 5. The molecule has 0 radical (unpaired) electrons. The Hall–Kier alpha value is -2.32. The molecule has 1 aliphatic heterocycles. The van der Waals surface area contributed by atoms with Gasteiger partial charge in [-0.3, -0.25) is 4.90 Å². The van der Waals surface area contributed by atoms with Crippen LogP contribution in [0.2, 0.25) is 0 Å². The summed E-state index contributed by atoms with van der Waals surface area (Å²) in [6, 6.07) is 7.17. The van der Waals surface area contributed by atoms with Gasteiger partial charge in [-0.25, -0.2) is 4.98 Å². The fourth-order valence-electron chi connectivity index (χ4n) is 3.63. The molecule has 0 unspecified atom stereocenters. The van der Waals surface area contributed by atoms with E-state index < -0.39 is 0 Å². The predicted octanol–water partition coefficient (Wildman–Crippen LogP) is 3.91. The van der Waals surface area contributed by atoms with Gasteiger partial charge in [0.2, 0.25) is 10.1 Å². The number of hydrogen-bond donors (Lipinski definition) is 2. The van der Waals surface area contributed by atoms with E-state index in [1.165, 1.54) is 13.0 Å². The van der Waals surface area contributed by atoms with E-state index in [-0.39, 0.29) is 11.3 Å². The summed E-state index contributed by atoms with van der Waals surface area (Å²) in [5.74, 6) is 1.15. The maximum atomic E-state index is 9.63. The van der Waals surface area contributed by atoms with Gasteiger partial charge < -0.3 is 15.3 Å². The van der Waals surface area contributed by atoms with Crippen molar-refractivity contribution in [2.75, 3.05) is 42.9 Å². The Morgan fingerprint density at radius 1 is 1.10 bits per heavy atom. The minimum absolute atomic E-state index is 0.128. The van der Waals surface area contributed by atoms with Crippen LogP contribution in [0.3, 0.4) is 0 Å². The third-order valence-corrected chi connectivity index (χ3v) is 5.98. The standard InChI is InChI=1S/C21H30N6OS/c1-5-10-25-11-13-26(14-12-25)20-24-27-18(23-21(2,3)4)17(22-19(27)29-20)15-6-8-16(28)9-7-15/h6-9,23,28H,5,10-14H2,1-4H3. The lowest BCUT2D eigenvalue weighted by atomic mass is 10.1. The molecular formula is C21H30N6OS. The molecule has 8 heteroatoms. The average Bonchev–Trinajstić information content (AvgIpc) is 3.22. The number of aromatic hydroxyl groups is 1. The van der Waals surface area contributed by atoms with Crippen LogP contribution in [0.15, 0.2) is 24.3 Å². The Kier molecular flexibility index (Phi) is 5.40. The zero-order chi connectivity index (χ0) is 20.6. The molecule has 29 heavy (non-hydrogen) atoms. The van der Waals surface area contributed by atoms with E-state index in [4.69, 9.17) is 10.1 Å². The van der Waals surface area contributed by atoms with E-state index in [0.717, 1.165) is 53.3 Å². The van der Waals surface area contributed by atoms with Crippen LogP contribution in [0.5, 0.6) is 5.75 Å².